The van der Waals surface area contributed by atoms with Crippen LogP contribution in [-0.4, -0.2) is 38.8 Å². The summed E-state index contributed by atoms with van der Waals surface area (Å²) >= 11 is 4.02. The van der Waals surface area contributed by atoms with E-state index >= 15 is 0 Å². The number of hydrogen-bond donors (Lipinski definition) is 2. The fraction of sp³-hybridized carbons (Fsp3) is 0.438. The molecule has 9 heteroatoms. The molecule has 4 rings (SSSR count). The van der Waals surface area contributed by atoms with Gasteiger partial charge in [0.05, 0.1) is 6.10 Å². The summed E-state index contributed by atoms with van der Waals surface area (Å²) in [6.07, 6.45) is 8.11. The van der Waals surface area contributed by atoms with Crippen LogP contribution in [0.4, 0.5) is 5.82 Å². The number of rotatable bonds is 5. The first-order chi connectivity index (χ1) is 12.2. The Bertz CT molecular complexity index is 864. The monoisotopic (exact) mass is 470 g/mol. The van der Waals surface area contributed by atoms with E-state index in [0.29, 0.717) is 23.8 Å². The Hall–Kier alpha value is -1.17. The fourth-order valence-electron chi connectivity index (χ4n) is 3.12. The van der Waals surface area contributed by atoms with E-state index in [1.54, 1.807) is 11.8 Å². The minimum atomic E-state index is 0.174. The molecular formula is C16H19IN6OS. The van der Waals surface area contributed by atoms with Gasteiger partial charge in [0.15, 0.2) is 22.1 Å². The van der Waals surface area contributed by atoms with Crippen molar-refractivity contribution in [2.75, 3.05) is 18.9 Å². The number of nitrogen functional groups attached to an aromatic ring is 1. The third-order valence-electron chi connectivity index (χ3n) is 4.41. The van der Waals surface area contributed by atoms with Gasteiger partial charge in [0.2, 0.25) is 0 Å². The molecule has 0 spiro atoms. The van der Waals surface area contributed by atoms with E-state index in [1.165, 1.54) is 14.8 Å². The van der Waals surface area contributed by atoms with Gasteiger partial charge < -0.3 is 20.8 Å². The number of imidazole rings is 1. The lowest BCUT2D eigenvalue weighted by molar-refractivity contribution is 0.134. The molecule has 0 bridgehead atoms. The van der Waals surface area contributed by atoms with Gasteiger partial charge in [-0.15, -0.1) is 0 Å². The number of fused-ring (bicyclic) bond motifs is 2. The molecule has 0 saturated carbocycles. The number of ether oxygens (including phenoxy) is 1. The van der Waals surface area contributed by atoms with Gasteiger partial charge in [0.1, 0.15) is 6.33 Å². The van der Waals surface area contributed by atoms with Crippen molar-refractivity contribution >= 4 is 51.3 Å². The van der Waals surface area contributed by atoms with Crippen molar-refractivity contribution in [2.45, 2.75) is 30.6 Å². The predicted molar refractivity (Wildman–Crippen MR) is 107 cm³/mol. The molecule has 0 aromatic carbocycles. The molecule has 1 fully saturated rings. The Labute approximate surface area is 163 Å². The summed E-state index contributed by atoms with van der Waals surface area (Å²) in [5, 5.41) is 0.862. The fourth-order valence-corrected chi connectivity index (χ4v) is 5.08. The van der Waals surface area contributed by atoms with E-state index in [0.717, 1.165) is 36.8 Å². The minimum Gasteiger partial charge on any atom is -0.382 e. The van der Waals surface area contributed by atoms with Crippen LogP contribution in [0.25, 0.3) is 11.2 Å². The summed E-state index contributed by atoms with van der Waals surface area (Å²) in [4.78, 5) is 14.3. The largest absolute Gasteiger partial charge is 0.382 e. The van der Waals surface area contributed by atoms with Crippen molar-refractivity contribution in [3.05, 3.63) is 27.0 Å². The first-order valence-electron chi connectivity index (χ1n) is 8.23. The maximum absolute atomic E-state index is 5.99. The maximum Gasteiger partial charge on any atom is 0.175 e. The zero-order valence-electron chi connectivity index (χ0n) is 13.6. The van der Waals surface area contributed by atoms with Crippen LogP contribution < -0.4 is 11.5 Å². The molecule has 2 unspecified atom stereocenters. The third-order valence-corrected chi connectivity index (χ3v) is 6.78. The van der Waals surface area contributed by atoms with Crippen molar-refractivity contribution in [1.29, 1.82) is 0 Å². The van der Waals surface area contributed by atoms with Gasteiger partial charge >= 0.3 is 0 Å². The smallest absolute Gasteiger partial charge is 0.175 e. The molecule has 0 amide bonds. The first-order valence-corrected chi connectivity index (χ1v) is 10.1. The van der Waals surface area contributed by atoms with E-state index in [9.17, 15) is 0 Å². The van der Waals surface area contributed by atoms with Crippen LogP contribution in [0.5, 0.6) is 0 Å². The number of aromatic nitrogens is 4. The molecule has 4 N–H and O–H groups in total. The molecular weight excluding hydrogens is 451 g/mol. The number of halogens is 1. The summed E-state index contributed by atoms with van der Waals surface area (Å²) in [7, 11) is 0. The van der Waals surface area contributed by atoms with Gasteiger partial charge in [-0.1, -0.05) is 17.8 Å². The van der Waals surface area contributed by atoms with Crippen LogP contribution in [0, 0.1) is 5.92 Å². The van der Waals surface area contributed by atoms with E-state index in [-0.39, 0.29) is 6.10 Å². The number of nitrogens with two attached hydrogens (primary N) is 2. The number of nitrogens with zero attached hydrogens (tertiary/aromatic N) is 4. The molecule has 25 heavy (non-hydrogen) atoms. The van der Waals surface area contributed by atoms with Crippen LogP contribution in [0.15, 0.2) is 32.1 Å². The van der Waals surface area contributed by atoms with Crippen LogP contribution >= 0.6 is 34.4 Å². The Kier molecular flexibility index (Phi) is 4.98. The van der Waals surface area contributed by atoms with Crippen molar-refractivity contribution in [2.24, 2.45) is 11.7 Å². The van der Waals surface area contributed by atoms with Gasteiger partial charge in [-0.2, -0.15) is 0 Å². The average Bonchev–Trinajstić information content (AvgIpc) is 3.18. The van der Waals surface area contributed by atoms with Gasteiger partial charge in [-0.3, -0.25) is 0 Å². The van der Waals surface area contributed by atoms with Gasteiger partial charge in [-0.05, 0) is 48.1 Å². The lowest BCUT2D eigenvalue weighted by atomic mass is 9.97. The number of hydrogen-bond acceptors (Lipinski definition) is 7. The quantitative estimate of drug-likeness (QED) is 0.647. The molecule has 2 aromatic rings. The highest BCUT2D eigenvalue weighted by atomic mass is 127. The van der Waals surface area contributed by atoms with Gasteiger partial charge in [0, 0.05) is 27.6 Å². The zero-order valence-corrected chi connectivity index (χ0v) is 16.5. The second-order valence-electron chi connectivity index (χ2n) is 6.05. The summed E-state index contributed by atoms with van der Waals surface area (Å²) < 4.78 is 9.14. The minimum absolute atomic E-state index is 0.174. The van der Waals surface area contributed by atoms with Crippen LogP contribution in [0.1, 0.15) is 12.8 Å². The third kappa shape index (κ3) is 3.29. The second-order valence-corrected chi connectivity index (χ2v) is 8.23. The van der Waals surface area contributed by atoms with E-state index in [2.05, 4.69) is 49.3 Å². The molecule has 1 aliphatic carbocycles. The highest BCUT2D eigenvalue weighted by molar-refractivity contribution is 14.1. The molecule has 2 aromatic heterocycles. The molecule has 7 nitrogen and oxygen atoms in total. The number of allylic oxidation sites excluding steroid dienone is 1. The number of thioether (sulfide) groups is 1. The molecule has 0 radical (unpaired) electrons. The highest BCUT2D eigenvalue weighted by Gasteiger charge is 2.30. The summed E-state index contributed by atoms with van der Waals surface area (Å²) in [6.45, 7) is 2.19. The van der Waals surface area contributed by atoms with Crippen molar-refractivity contribution in [3.8, 4) is 0 Å². The first kappa shape index (κ1) is 17.3. The van der Waals surface area contributed by atoms with Crippen molar-refractivity contribution < 1.29 is 4.74 Å². The molecule has 3 heterocycles. The lowest BCUT2D eigenvalue weighted by Gasteiger charge is -2.20. The van der Waals surface area contributed by atoms with Crippen molar-refractivity contribution in [1.82, 2.24) is 19.5 Å². The Morgan fingerprint density at radius 2 is 2.24 bits per heavy atom. The Morgan fingerprint density at radius 3 is 3.08 bits per heavy atom. The SMILES string of the molecule is NCCCn1c(SC2=CC3OCCC3C=C2I)nc2c(N)ncnc21. The second kappa shape index (κ2) is 7.22. The van der Waals surface area contributed by atoms with Crippen molar-refractivity contribution in [3.63, 3.8) is 0 Å². The molecule has 132 valence electrons. The summed E-state index contributed by atoms with van der Waals surface area (Å²) in [6, 6.07) is 0. The van der Waals surface area contributed by atoms with E-state index in [1.807, 2.05) is 0 Å². The number of aryl methyl sites for hydroxylation is 1. The Balaban J connectivity index is 1.71. The van der Waals surface area contributed by atoms with Crippen LogP contribution in [-0.2, 0) is 11.3 Å². The van der Waals surface area contributed by atoms with Crippen LogP contribution in [0.2, 0.25) is 0 Å². The standard InChI is InChI=1S/C16H19IN6OS/c17-10-6-9-2-5-24-11(9)7-12(10)25-16-22-13-14(19)20-8-21-15(13)23(16)4-1-3-18/h6-9,11H,1-5,18H2,(H2,19,20,21). The normalized spacial score (nSPS) is 22.8. The van der Waals surface area contributed by atoms with Gasteiger partial charge in [-0.25, -0.2) is 15.0 Å². The lowest BCUT2D eigenvalue weighted by Crippen LogP contribution is -2.15. The van der Waals surface area contributed by atoms with E-state index in [4.69, 9.17) is 21.2 Å². The van der Waals surface area contributed by atoms with E-state index < -0.39 is 0 Å². The predicted octanol–water partition coefficient (Wildman–Crippen LogP) is 2.47. The Morgan fingerprint density at radius 1 is 1.36 bits per heavy atom. The number of anilines is 1. The molecule has 1 saturated heterocycles. The summed E-state index contributed by atoms with van der Waals surface area (Å²) in [5.41, 5.74) is 13.1. The molecule has 1 aliphatic heterocycles. The van der Waals surface area contributed by atoms with Crippen LogP contribution in [0.3, 0.4) is 0 Å². The maximum atomic E-state index is 5.99. The summed E-state index contributed by atoms with van der Waals surface area (Å²) in [5.74, 6) is 0.897. The van der Waals surface area contributed by atoms with Gasteiger partial charge in [0.25, 0.3) is 0 Å². The molecule has 2 atom stereocenters. The topological polar surface area (TPSA) is 105 Å². The highest BCUT2D eigenvalue weighted by Crippen LogP contribution is 2.42. The molecule has 2 aliphatic rings. The zero-order chi connectivity index (χ0) is 17.4. The average molecular weight is 470 g/mol.